The number of aliphatic hydroxyl groups excluding tert-OH is 4. The average Bonchev–Trinajstić information content (AvgIpc) is 3.95. The smallest absolute Gasteiger partial charge is 0.119 e. The van der Waals surface area contributed by atoms with Crippen molar-refractivity contribution >= 4 is 0 Å². The predicted molar refractivity (Wildman–Crippen MR) is 261 cm³/mol. The molecule has 332 valence electrons. The van der Waals surface area contributed by atoms with Crippen LogP contribution in [0.3, 0.4) is 0 Å². The van der Waals surface area contributed by atoms with Crippen molar-refractivity contribution in [1.82, 2.24) is 0 Å². The highest BCUT2D eigenvalue weighted by Crippen LogP contribution is 2.48. The summed E-state index contributed by atoms with van der Waals surface area (Å²) in [6.07, 6.45) is 1.80. The molecule has 0 heterocycles. The van der Waals surface area contributed by atoms with Crippen molar-refractivity contribution in [2.75, 3.05) is 52.9 Å². The first-order chi connectivity index (χ1) is 32.6. The highest BCUT2D eigenvalue weighted by atomic mass is 16.5. The van der Waals surface area contributed by atoms with Gasteiger partial charge in [-0.1, -0.05) is 121 Å². The van der Waals surface area contributed by atoms with Gasteiger partial charge in [0.25, 0.3) is 0 Å². The zero-order chi connectivity index (χ0) is 45.2. The van der Waals surface area contributed by atoms with Crippen LogP contribution in [0.1, 0.15) is 22.3 Å². The summed E-state index contributed by atoms with van der Waals surface area (Å²) in [5.74, 6) is 2.98. The lowest BCUT2D eigenvalue weighted by atomic mass is 9.88. The van der Waals surface area contributed by atoms with Crippen LogP contribution in [0.15, 0.2) is 170 Å². The molecule has 2 aliphatic carbocycles. The lowest BCUT2D eigenvalue weighted by Crippen LogP contribution is -2.01. The molecule has 0 bridgehead atoms. The maximum atomic E-state index is 9.04. The van der Waals surface area contributed by atoms with Gasteiger partial charge in [0.15, 0.2) is 0 Å². The summed E-state index contributed by atoms with van der Waals surface area (Å²) in [5, 5.41) is 36.1. The molecule has 0 amide bonds. The largest absolute Gasteiger partial charge is 0.491 e. The van der Waals surface area contributed by atoms with Crippen LogP contribution >= 0.6 is 0 Å². The van der Waals surface area contributed by atoms with E-state index in [9.17, 15) is 0 Å². The highest BCUT2D eigenvalue weighted by Gasteiger charge is 2.26. The molecule has 0 radical (unpaired) electrons. The number of hydrogen-bond acceptors (Lipinski definition) is 8. The fourth-order valence-electron chi connectivity index (χ4n) is 9.11. The number of fused-ring (bicyclic) bond motifs is 6. The van der Waals surface area contributed by atoms with Crippen LogP contribution in [-0.4, -0.2) is 73.3 Å². The van der Waals surface area contributed by atoms with Gasteiger partial charge in [0.05, 0.1) is 26.4 Å². The lowest BCUT2D eigenvalue weighted by Gasteiger charge is -2.17. The number of aliphatic hydroxyl groups is 4. The molecule has 0 aliphatic heterocycles. The van der Waals surface area contributed by atoms with Crippen LogP contribution in [0.4, 0.5) is 0 Å². The first-order valence-electron chi connectivity index (χ1n) is 22.4. The minimum atomic E-state index is -0.00559. The van der Waals surface area contributed by atoms with Crippen molar-refractivity contribution in [3.8, 4) is 89.8 Å². The summed E-state index contributed by atoms with van der Waals surface area (Å²) in [4.78, 5) is 0. The Balaban J connectivity index is 0.000000166. The molecule has 4 N–H and O–H groups in total. The maximum Gasteiger partial charge on any atom is 0.119 e. The van der Waals surface area contributed by atoms with Gasteiger partial charge in [-0.3, -0.25) is 0 Å². The Labute approximate surface area is 385 Å². The molecule has 0 saturated carbocycles. The molecule has 0 aromatic heterocycles. The standard InChI is InChI=1S/2C29H26O4/c2*30-15-17-32-23-9-5-20(6-10-23)26-13-14-27-25-4-2-1-3-22(25)19-28(27)29(26)21-7-11-24(12-8-21)33-18-16-31/h2*1-14,30-31H,15-19H2. The van der Waals surface area contributed by atoms with E-state index in [1.807, 2.05) is 48.5 Å². The van der Waals surface area contributed by atoms with Crippen LogP contribution in [0.25, 0.3) is 66.8 Å². The van der Waals surface area contributed by atoms with E-state index in [0.29, 0.717) is 0 Å². The zero-order valence-corrected chi connectivity index (χ0v) is 36.7. The SMILES string of the molecule is OCCOc1ccc(-c2ccc3c(c2-c2ccc(OCCO)cc2)Cc2ccccc2-3)cc1.OCCOc1ccc(-c2ccc3c(c2-c2ccc(OCCO)cc2)Cc2ccccc2-3)cc1. The Morgan fingerprint density at radius 3 is 0.894 bits per heavy atom. The first kappa shape index (κ1) is 44.0. The average molecular weight is 877 g/mol. The van der Waals surface area contributed by atoms with E-state index in [-0.39, 0.29) is 52.9 Å². The first-order valence-corrected chi connectivity index (χ1v) is 22.4. The summed E-state index contributed by atoms with van der Waals surface area (Å²) < 4.78 is 22.2. The number of hydrogen-bond donors (Lipinski definition) is 4. The molecular weight excluding hydrogens is 825 g/mol. The molecule has 0 fully saturated rings. The van der Waals surface area contributed by atoms with Gasteiger partial charge in [0.1, 0.15) is 49.4 Å². The molecule has 66 heavy (non-hydrogen) atoms. The quantitative estimate of drug-likeness (QED) is 0.0758. The zero-order valence-electron chi connectivity index (χ0n) is 36.7. The van der Waals surface area contributed by atoms with E-state index in [1.54, 1.807) is 0 Å². The number of benzene rings is 8. The molecule has 0 spiro atoms. The van der Waals surface area contributed by atoms with E-state index in [4.69, 9.17) is 39.4 Å². The lowest BCUT2D eigenvalue weighted by molar-refractivity contribution is 0.201. The molecular formula is C58H52O8. The Hall–Kier alpha value is -7.20. The molecule has 2 aliphatic rings. The fourth-order valence-corrected chi connectivity index (χ4v) is 9.11. The Morgan fingerprint density at radius 2 is 0.576 bits per heavy atom. The van der Waals surface area contributed by atoms with Gasteiger partial charge in [-0.15, -0.1) is 0 Å². The van der Waals surface area contributed by atoms with Crippen LogP contribution in [0.5, 0.6) is 23.0 Å². The van der Waals surface area contributed by atoms with Crippen molar-refractivity contribution in [2.45, 2.75) is 12.8 Å². The van der Waals surface area contributed by atoms with Crippen molar-refractivity contribution < 1.29 is 39.4 Å². The van der Waals surface area contributed by atoms with Crippen LogP contribution in [0.2, 0.25) is 0 Å². The van der Waals surface area contributed by atoms with Gasteiger partial charge in [0, 0.05) is 0 Å². The fraction of sp³-hybridized carbons (Fsp3) is 0.172. The molecule has 0 saturated heterocycles. The molecule has 8 aromatic rings. The van der Waals surface area contributed by atoms with Gasteiger partial charge < -0.3 is 39.4 Å². The summed E-state index contributed by atoms with van der Waals surface area (Å²) in [7, 11) is 0. The normalized spacial score (nSPS) is 11.7. The van der Waals surface area contributed by atoms with E-state index in [2.05, 4.69) is 121 Å². The molecule has 8 heteroatoms. The topological polar surface area (TPSA) is 118 Å². The second kappa shape index (κ2) is 20.7. The Morgan fingerprint density at radius 1 is 0.288 bits per heavy atom. The van der Waals surface area contributed by atoms with E-state index < -0.39 is 0 Å². The highest BCUT2D eigenvalue weighted by molar-refractivity contribution is 5.95. The van der Waals surface area contributed by atoms with Gasteiger partial charge in [0.2, 0.25) is 0 Å². The molecule has 10 rings (SSSR count). The van der Waals surface area contributed by atoms with Gasteiger partial charge in [-0.05, 0) is 150 Å². The molecule has 0 atom stereocenters. The monoisotopic (exact) mass is 876 g/mol. The number of ether oxygens (including phenoxy) is 4. The summed E-state index contributed by atoms with van der Waals surface area (Å²) >= 11 is 0. The minimum Gasteiger partial charge on any atom is -0.491 e. The van der Waals surface area contributed by atoms with E-state index in [1.165, 1.54) is 66.8 Å². The van der Waals surface area contributed by atoms with E-state index >= 15 is 0 Å². The van der Waals surface area contributed by atoms with Crippen LogP contribution < -0.4 is 18.9 Å². The summed E-state index contributed by atoms with van der Waals surface area (Å²) in [6.45, 7) is 1.11. The third-order valence-corrected chi connectivity index (χ3v) is 12.0. The molecule has 8 aromatic carbocycles. The van der Waals surface area contributed by atoms with Crippen molar-refractivity contribution in [1.29, 1.82) is 0 Å². The third kappa shape index (κ3) is 9.45. The van der Waals surface area contributed by atoms with Crippen molar-refractivity contribution in [3.05, 3.63) is 192 Å². The predicted octanol–water partition coefficient (Wildman–Crippen LogP) is 10.7. The summed E-state index contributed by atoms with van der Waals surface area (Å²) in [5.41, 5.74) is 19.8. The Bertz CT molecular complexity index is 2690. The van der Waals surface area contributed by atoms with E-state index in [0.717, 1.165) is 58.1 Å². The molecule has 0 unspecified atom stereocenters. The number of rotatable bonds is 16. The van der Waals surface area contributed by atoms with Gasteiger partial charge >= 0.3 is 0 Å². The summed E-state index contributed by atoms with van der Waals surface area (Å²) in [6, 6.07) is 58.3. The van der Waals surface area contributed by atoms with Crippen LogP contribution in [-0.2, 0) is 12.8 Å². The van der Waals surface area contributed by atoms with Gasteiger partial charge in [-0.25, -0.2) is 0 Å². The van der Waals surface area contributed by atoms with Crippen molar-refractivity contribution in [3.63, 3.8) is 0 Å². The Kier molecular flexibility index (Phi) is 13.8. The second-order valence-electron chi connectivity index (χ2n) is 16.1. The van der Waals surface area contributed by atoms with Crippen LogP contribution in [0, 0.1) is 0 Å². The maximum absolute atomic E-state index is 9.04. The second-order valence-corrected chi connectivity index (χ2v) is 16.1. The third-order valence-electron chi connectivity index (χ3n) is 12.0. The minimum absolute atomic E-state index is 0.00467. The van der Waals surface area contributed by atoms with Crippen molar-refractivity contribution in [2.24, 2.45) is 0 Å². The van der Waals surface area contributed by atoms with Gasteiger partial charge in [-0.2, -0.15) is 0 Å². The molecule has 8 nitrogen and oxygen atoms in total.